The van der Waals surface area contributed by atoms with Crippen molar-refractivity contribution < 1.29 is 9.59 Å². The zero-order chi connectivity index (χ0) is 17.6. The summed E-state index contributed by atoms with van der Waals surface area (Å²) in [6.07, 6.45) is 7.02. The van der Waals surface area contributed by atoms with E-state index in [1.165, 1.54) is 0 Å². The number of hydrogen-bond acceptors (Lipinski definition) is 4. The van der Waals surface area contributed by atoms with E-state index in [0.717, 1.165) is 51.9 Å². The first-order chi connectivity index (χ1) is 12.2. The van der Waals surface area contributed by atoms with Gasteiger partial charge in [-0.25, -0.2) is 0 Å². The van der Waals surface area contributed by atoms with Gasteiger partial charge in [-0.05, 0) is 44.4 Å². The lowest BCUT2D eigenvalue weighted by Crippen LogP contribution is -2.50. The van der Waals surface area contributed by atoms with Gasteiger partial charge in [-0.3, -0.25) is 14.6 Å². The summed E-state index contributed by atoms with van der Waals surface area (Å²) in [6.45, 7) is 6.04. The van der Waals surface area contributed by atoms with Gasteiger partial charge in [-0.1, -0.05) is 6.92 Å². The van der Waals surface area contributed by atoms with Crippen LogP contribution in [-0.4, -0.2) is 65.4 Å². The second kappa shape index (κ2) is 8.43. The van der Waals surface area contributed by atoms with E-state index < -0.39 is 0 Å². The minimum atomic E-state index is -0.0771. The molecule has 6 nitrogen and oxygen atoms in total. The summed E-state index contributed by atoms with van der Waals surface area (Å²) < 4.78 is 0. The Kier molecular flexibility index (Phi) is 6.02. The quantitative estimate of drug-likeness (QED) is 0.880. The summed E-state index contributed by atoms with van der Waals surface area (Å²) >= 11 is 0. The molecule has 2 saturated heterocycles. The number of carbonyl (C=O) groups is 2. The third kappa shape index (κ3) is 4.18. The van der Waals surface area contributed by atoms with E-state index in [4.69, 9.17) is 0 Å². The smallest absolute Gasteiger partial charge is 0.253 e. The molecule has 0 radical (unpaired) electrons. The van der Waals surface area contributed by atoms with E-state index >= 15 is 0 Å². The number of pyridine rings is 1. The Hall–Kier alpha value is -1.95. The summed E-state index contributed by atoms with van der Waals surface area (Å²) in [4.78, 5) is 33.7. The zero-order valence-corrected chi connectivity index (χ0v) is 15.0. The van der Waals surface area contributed by atoms with Crippen LogP contribution in [-0.2, 0) is 4.79 Å². The van der Waals surface area contributed by atoms with Gasteiger partial charge in [0.15, 0.2) is 0 Å². The largest absolute Gasteiger partial charge is 0.338 e. The van der Waals surface area contributed by atoms with Gasteiger partial charge in [-0.2, -0.15) is 0 Å². The number of nitrogens with one attached hydrogen (secondary N) is 1. The van der Waals surface area contributed by atoms with Crippen LogP contribution in [0.3, 0.4) is 0 Å². The van der Waals surface area contributed by atoms with Crippen molar-refractivity contribution in [2.75, 3.05) is 32.7 Å². The van der Waals surface area contributed by atoms with Crippen molar-refractivity contribution in [3.63, 3.8) is 0 Å². The third-order valence-electron chi connectivity index (χ3n) is 5.21. The molecule has 6 heteroatoms. The van der Waals surface area contributed by atoms with E-state index in [1.54, 1.807) is 24.5 Å². The standard InChI is InChI=1S/C19H28N4O2/c1-2-11-23(17-7-10-21-13-17)19(25)16-4-3-12-22(14-16)18(24)15-5-8-20-9-6-15/h5-6,8-9,16-17,21H,2-4,7,10-14H2,1H3. The van der Waals surface area contributed by atoms with Crippen molar-refractivity contribution >= 4 is 11.8 Å². The Morgan fingerprint density at radius 3 is 2.80 bits per heavy atom. The molecule has 2 aliphatic heterocycles. The summed E-state index contributed by atoms with van der Waals surface area (Å²) in [5.74, 6) is 0.152. The molecule has 2 unspecified atom stereocenters. The highest BCUT2D eigenvalue weighted by molar-refractivity contribution is 5.94. The van der Waals surface area contributed by atoms with Crippen LogP contribution >= 0.6 is 0 Å². The van der Waals surface area contributed by atoms with E-state index in [1.807, 2.05) is 4.90 Å². The van der Waals surface area contributed by atoms with Gasteiger partial charge in [0.25, 0.3) is 5.91 Å². The first-order valence-electron chi connectivity index (χ1n) is 9.41. The molecule has 1 aromatic heterocycles. The number of rotatable bonds is 5. The van der Waals surface area contributed by atoms with E-state index in [-0.39, 0.29) is 17.7 Å². The van der Waals surface area contributed by atoms with Crippen molar-refractivity contribution in [1.29, 1.82) is 0 Å². The number of nitrogens with zero attached hydrogens (tertiary/aromatic N) is 3. The molecule has 0 aromatic carbocycles. The second-order valence-corrected chi connectivity index (χ2v) is 7.00. The number of likely N-dealkylation sites (tertiary alicyclic amines) is 1. The first-order valence-corrected chi connectivity index (χ1v) is 9.41. The van der Waals surface area contributed by atoms with Crippen molar-refractivity contribution in [1.82, 2.24) is 20.1 Å². The van der Waals surface area contributed by atoms with Crippen LogP contribution in [0.25, 0.3) is 0 Å². The number of hydrogen-bond donors (Lipinski definition) is 1. The summed E-state index contributed by atoms with van der Waals surface area (Å²) in [7, 11) is 0. The van der Waals surface area contributed by atoms with Crippen molar-refractivity contribution in [2.24, 2.45) is 5.92 Å². The van der Waals surface area contributed by atoms with Crippen LogP contribution in [0.1, 0.15) is 43.0 Å². The molecular formula is C19H28N4O2. The van der Waals surface area contributed by atoms with Gasteiger partial charge in [0, 0.05) is 50.2 Å². The molecule has 3 heterocycles. The zero-order valence-electron chi connectivity index (χ0n) is 15.0. The molecule has 0 spiro atoms. The maximum atomic E-state index is 13.1. The topological polar surface area (TPSA) is 65.5 Å². The lowest BCUT2D eigenvalue weighted by Gasteiger charge is -2.37. The van der Waals surface area contributed by atoms with Crippen LogP contribution in [0, 0.1) is 5.92 Å². The van der Waals surface area contributed by atoms with Crippen LogP contribution < -0.4 is 5.32 Å². The minimum absolute atomic E-state index is 0.00414. The highest BCUT2D eigenvalue weighted by atomic mass is 16.2. The van der Waals surface area contributed by atoms with E-state index in [2.05, 4.69) is 22.1 Å². The SMILES string of the molecule is CCCN(C(=O)C1CCCN(C(=O)c2ccncc2)C1)C1CCNC1. The number of aromatic nitrogens is 1. The van der Waals surface area contributed by atoms with Crippen molar-refractivity contribution in [3.8, 4) is 0 Å². The molecule has 0 aliphatic carbocycles. The van der Waals surface area contributed by atoms with E-state index in [0.29, 0.717) is 18.2 Å². The van der Waals surface area contributed by atoms with Gasteiger partial charge >= 0.3 is 0 Å². The Balaban J connectivity index is 1.67. The average Bonchev–Trinajstić information content (AvgIpc) is 3.20. The third-order valence-corrected chi connectivity index (χ3v) is 5.21. The summed E-state index contributed by atoms with van der Waals surface area (Å²) in [6, 6.07) is 3.78. The Labute approximate surface area is 149 Å². The highest BCUT2D eigenvalue weighted by Gasteiger charge is 2.34. The molecule has 136 valence electrons. The normalized spacial score (nSPS) is 23.5. The van der Waals surface area contributed by atoms with Gasteiger partial charge in [0.05, 0.1) is 5.92 Å². The van der Waals surface area contributed by atoms with Gasteiger partial charge < -0.3 is 15.1 Å². The summed E-state index contributed by atoms with van der Waals surface area (Å²) in [5, 5.41) is 3.35. The lowest BCUT2D eigenvalue weighted by molar-refractivity contribution is -0.139. The van der Waals surface area contributed by atoms with E-state index in [9.17, 15) is 9.59 Å². The molecule has 0 saturated carbocycles. The molecule has 0 bridgehead atoms. The number of piperidine rings is 1. The Morgan fingerprint density at radius 1 is 1.32 bits per heavy atom. The fourth-order valence-electron chi connectivity index (χ4n) is 3.89. The minimum Gasteiger partial charge on any atom is -0.338 e. The van der Waals surface area contributed by atoms with Crippen LogP contribution in [0.15, 0.2) is 24.5 Å². The average molecular weight is 344 g/mol. The molecule has 2 amide bonds. The molecule has 3 rings (SSSR count). The molecule has 2 atom stereocenters. The second-order valence-electron chi connectivity index (χ2n) is 7.00. The summed E-state index contributed by atoms with van der Waals surface area (Å²) in [5.41, 5.74) is 0.647. The fourth-order valence-corrected chi connectivity index (χ4v) is 3.89. The Morgan fingerprint density at radius 2 is 2.12 bits per heavy atom. The van der Waals surface area contributed by atoms with Crippen molar-refractivity contribution in [2.45, 2.75) is 38.6 Å². The molecular weight excluding hydrogens is 316 g/mol. The maximum absolute atomic E-state index is 13.1. The highest BCUT2D eigenvalue weighted by Crippen LogP contribution is 2.23. The molecule has 2 fully saturated rings. The molecule has 1 N–H and O–H groups in total. The maximum Gasteiger partial charge on any atom is 0.253 e. The van der Waals surface area contributed by atoms with Gasteiger partial charge in [0.2, 0.25) is 5.91 Å². The lowest BCUT2D eigenvalue weighted by atomic mass is 9.95. The first kappa shape index (κ1) is 17.9. The van der Waals surface area contributed by atoms with Crippen LogP contribution in [0.5, 0.6) is 0 Å². The van der Waals surface area contributed by atoms with Gasteiger partial charge in [0.1, 0.15) is 0 Å². The number of carbonyl (C=O) groups excluding carboxylic acids is 2. The molecule has 2 aliphatic rings. The fraction of sp³-hybridized carbons (Fsp3) is 0.632. The number of amides is 2. The van der Waals surface area contributed by atoms with Crippen LogP contribution in [0.4, 0.5) is 0 Å². The monoisotopic (exact) mass is 344 g/mol. The molecule has 1 aromatic rings. The van der Waals surface area contributed by atoms with Gasteiger partial charge in [-0.15, -0.1) is 0 Å². The Bertz CT molecular complexity index is 586. The van der Waals surface area contributed by atoms with Crippen molar-refractivity contribution in [3.05, 3.63) is 30.1 Å². The molecule has 25 heavy (non-hydrogen) atoms. The predicted molar refractivity (Wildman–Crippen MR) is 96.1 cm³/mol. The van der Waals surface area contributed by atoms with Crippen LogP contribution in [0.2, 0.25) is 0 Å². The predicted octanol–water partition coefficient (Wildman–Crippen LogP) is 1.53.